The fraction of sp³-hybridized carbons (Fsp3) is 0.333. The van der Waals surface area contributed by atoms with Crippen molar-refractivity contribution in [2.45, 2.75) is 45.1 Å². The van der Waals surface area contributed by atoms with E-state index in [1.54, 1.807) is 43.3 Å². The second kappa shape index (κ2) is 13.2. The van der Waals surface area contributed by atoms with Gasteiger partial charge in [-0.25, -0.2) is 8.42 Å². The lowest BCUT2D eigenvalue weighted by Crippen LogP contribution is -2.52. The number of benzene rings is 3. The maximum Gasteiger partial charge on any atom is 0.264 e. The molecule has 2 amide bonds. The van der Waals surface area contributed by atoms with Crippen molar-refractivity contribution in [1.82, 2.24) is 10.2 Å². The molecule has 0 fully saturated rings. The van der Waals surface area contributed by atoms with E-state index in [-0.39, 0.29) is 23.3 Å². The van der Waals surface area contributed by atoms with Crippen LogP contribution in [0.1, 0.15) is 31.9 Å². The first-order valence-electron chi connectivity index (χ1n) is 12.8. The van der Waals surface area contributed by atoms with Gasteiger partial charge in [0, 0.05) is 13.1 Å². The molecular formula is C30H37N3O4S. The summed E-state index contributed by atoms with van der Waals surface area (Å²) < 4.78 is 28.6. The lowest BCUT2D eigenvalue weighted by molar-refractivity contribution is -0.138. The van der Waals surface area contributed by atoms with Crippen molar-refractivity contribution in [2.75, 3.05) is 23.9 Å². The second-order valence-corrected chi connectivity index (χ2v) is 11.7. The molecule has 1 N–H and O–H groups in total. The highest BCUT2D eigenvalue weighted by molar-refractivity contribution is 7.92. The van der Waals surface area contributed by atoms with Gasteiger partial charge < -0.3 is 10.2 Å². The molecule has 0 aliphatic rings. The molecule has 38 heavy (non-hydrogen) atoms. The SMILES string of the molecule is Cc1cccc(N(CC(=O)N(CCc2ccccc2)[C@@H](C)C(=O)NCC(C)C)S(=O)(=O)c2ccccc2)c1. The minimum atomic E-state index is -4.05. The zero-order chi connectivity index (χ0) is 27.7. The largest absolute Gasteiger partial charge is 0.354 e. The third-order valence-corrected chi connectivity index (χ3v) is 8.02. The summed E-state index contributed by atoms with van der Waals surface area (Å²) in [4.78, 5) is 28.4. The number of anilines is 1. The van der Waals surface area contributed by atoms with Crippen molar-refractivity contribution >= 4 is 27.5 Å². The molecule has 7 nitrogen and oxygen atoms in total. The van der Waals surface area contributed by atoms with E-state index in [1.165, 1.54) is 17.0 Å². The van der Waals surface area contributed by atoms with Crippen LogP contribution in [0.25, 0.3) is 0 Å². The van der Waals surface area contributed by atoms with Gasteiger partial charge in [-0.05, 0) is 61.6 Å². The Kier molecular flexibility index (Phi) is 10.1. The monoisotopic (exact) mass is 535 g/mol. The molecule has 0 unspecified atom stereocenters. The van der Waals surface area contributed by atoms with Gasteiger partial charge in [0.15, 0.2) is 0 Å². The van der Waals surface area contributed by atoms with E-state index in [1.807, 2.05) is 57.2 Å². The highest BCUT2D eigenvalue weighted by Gasteiger charge is 2.32. The summed E-state index contributed by atoms with van der Waals surface area (Å²) in [6, 6.07) is 24.0. The second-order valence-electron chi connectivity index (χ2n) is 9.80. The number of hydrogen-bond acceptors (Lipinski definition) is 4. The van der Waals surface area contributed by atoms with E-state index < -0.39 is 28.5 Å². The minimum Gasteiger partial charge on any atom is -0.354 e. The Bertz CT molecular complexity index is 1310. The van der Waals surface area contributed by atoms with Gasteiger partial charge in [-0.1, -0.05) is 74.5 Å². The zero-order valence-corrected chi connectivity index (χ0v) is 23.3. The molecule has 0 saturated carbocycles. The number of amides is 2. The van der Waals surface area contributed by atoms with Crippen molar-refractivity contribution in [2.24, 2.45) is 5.92 Å². The van der Waals surface area contributed by atoms with Crippen LogP contribution in [0.5, 0.6) is 0 Å². The smallest absolute Gasteiger partial charge is 0.264 e. The Balaban J connectivity index is 1.94. The number of nitrogens with zero attached hydrogens (tertiary/aromatic N) is 2. The van der Waals surface area contributed by atoms with Crippen LogP contribution >= 0.6 is 0 Å². The first kappa shape index (κ1) is 28.9. The summed E-state index contributed by atoms with van der Waals surface area (Å²) in [5.41, 5.74) is 2.28. The first-order chi connectivity index (χ1) is 18.1. The Hall–Kier alpha value is -3.65. The molecule has 0 aliphatic heterocycles. The summed E-state index contributed by atoms with van der Waals surface area (Å²) >= 11 is 0. The van der Waals surface area contributed by atoms with Gasteiger partial charge >= 0.3 is 0 Å². The molecule has 0 saturated heterocycles. The lowest BCUT2D eigenvalue weighted by atomic mass is 10.1. The standard InChI is InChI=1S/C30H37N3O4S/c1-23(2)21-31-30(35)25(4)32(19-18-26-13-7-5-8-14-26)29(34)22-33(27-15-11-12-24(3)20-27)38(36,37)28-16-9-6-10-17-28/h5-17,20,23,25H,18-19,21-22H2,1-4H3,(H,31,35)/t25-/m0/s1. The highest BCUT2D eigenvalue weighted by Crippen LogP contribution is 2.25. The normalized spacial score (nSPS) is 12.1. The maximum atomic E-state index is 13.8. The molecule has 0 bridgehead atoms. The van der Waals surface area contributed by atoms with Crippen LogP contribution in [0.3, 0.4) is 0 Å². The van der Waals surface area contributed by atoms with Crippen LogP contribution in [0, 0.1) is 12.8 Å². The molecule has 1 atom stereocenters. The predicted molar refractivity (Wildman–Crippen MR) is 151 cm³/mol. The fourth-order valence-corrected chi connectivity index (χ4v) is 5.48. The quantitative estimate of drug-likeness (QED) is 0.372. The van der Waals surface area contributed by atoms with Gasteiger partial charge in [-0.15, -0.1) is 0 Å². The van der Waals surface area contributed by atoms with E-state index in [2.05, 4.69) is 5.32 Å². The van der Waals surface area contributed by atoms with Crippen LogP contribution in [-0.4, -0.2) is 50.8 Å². The predicted octanol–water partition coefficient (Wildman–Crippen LogP) is 4.42. The molecular weight excluding hydrogens is 498 g/mol. The molecule has 3 aromatic rings. The Morgan fingerprint density at radius 3 is 2.11 bits per heavy atom. The molecule has 0 aliphatic carbocycles. The number of sulfonamides is 1. The minimum absolute atomic E-state index is 0.0906. The van der Waals surface area contributed by atoms with Crippen molar-refractivity contribution in [3.8, 4) is 0 Å². The van der Waals surface area contributed by atoms with E-state index in [0.717, 1.165) is 15.4 Å². The van der Waals surface area contributed by atoms with Gasteiger partial charge in [0.05, 0.1) is 10.6 Å². The number of carbonyl (C=O) groups is 2. The summed E-state index contributed by atoms with van der Waals surface area (Å²) in [6.45, 7) is 7.87. The maximum absolute atomic E-state index is 13.8. The number of rotatable bonds is 12. The Morgan fingerprint density at radius 1 is 0.868 bits per heavy atom. The number of carbonyl (C=O) groups excluding carboxylic acids is 2. The number of nitrogens with one attached hydrogen (secondary N) is 1. The van der Waals surface area contributed by atoms with Crippen molar-refractivity contribution in [3.63, 3.8) is 0 Å². The molecule has 3 aromatic carbocycles. The average molecular weight is 536 g/mol. The van der Waals surface area contributed by atoms with Crippen molar-refractivity contribution in [3.05, 3.63) is 96.1 Å². The average Bonchev–Trinajstić information content (AvgIpc) is 2.91. The molecule has 202 valence electrons. The zero-order valence-electron chi connectivity index (χ0n) is 22.5. The molecule has 0 spiro atoms. The van der Waals surface area contributed by atoms with Crippen LogP contribution in [0.15, 0.2) is 89.8 Å². The van der Waals surface area contributed by atoms with Crippen LogP contribution in [0.2, 0.25) is 0 Å². The topological polar surface area (TPSA) is 86.8 Å². The van der Waals surface area contributed by atoms with E-state index in [4.69, 9.17) is 0 Å². The van der Waals surface area contributed by atoms with E-state index in [0.29, 0.717) is 18.7 Å². The first-order valence-corrected chi connectivity index (χ1v) is 14.3. The van der Waals surface area contributed by atoms with Crippen molar-refractivity contribution in [1.29, 1.82) is 0 Å². The van der Waals surface area contributed by atoms with Gasteiger partial charge in [-0.2, -0.15) is 0 Å². The Labute approximate surface area is 226 Å². The van der Waals surface area contributed by atoms with Gasteiger partial charge in [0.25, 0.3) is 10.0 Å². The van der Waals surface area contributed by atoms with E-state index in [9.17, 15) is 18.0 Å². The highest BCUT2D eigenvalue weighted by atomic mass is 32.2. The third kappa shape index (κ3) is 7.68. The molecule has 3 rings (SSSR count). The molecule has 0 radical (unpaired) electrons. The molecule has 0 heterocycles. The summed E-state index contributed by atoms with van der Waals surface area (Å²) in [5.74, 6) is -0.463. The fourth-order valence-electron chi connectivity index (χ4n) is 4.05. The molecule has 8 heteroatoms. The van der Waals surface area contributed by atoms with Crippen molar-refractivity contribution < 1.29 is 18.0 Å². The summed E-state index contributed by atoms with van der Waals surface area (Å²) in [7, 11) is -4.05. The number of aryl methyl sites for hydroxylation is 1. The van der Waals surface area contributed by atoms with Gasteiger partial charge in [0.1, 0.15) is 12.6 Å². The Morgan fingerprint density at radius 2 is 1.50 bits per heavy atom. The summed E-state index contributed by atoms with van der Waals surface area (Å²) in [6.07, 6.45) is 0.532. The van der Waals surface area contributed by atoms with Crippen LogP contribution in [0.4, 0.5) is 5.69 Å². The molecule has 0 aromatic heterocycles. The van der Waals surface area contributed by atoms with Crippen LogP contribution in [-0.2, 0) is 26.0 Å². The lowest BCUT2D eigenvalue weighted by Gasteiger charge is -2.32. The summed E-state index contributed by atoms with van der Waals surface area (Å²) in [5, 5.41) is 2.90. The number of hydrogen-bond donors (Lipinski definition) is 1. The van der Waals surface area contributed by atoms with Crippen LogP contribution < -0.4 is 9.62 Å². The third-order valence-electron chi connectivity index (χ3n) is 6.24. The van der Waals surface area contributed by atoms with Gasteiger partial charge in [-0.3, -0.25) is 13.9 Å². The van der Waals surface area contributed by atoms with Gasteiger partial charge in [0.2, 0.25) is 11.8 Å². The van der Waals surface area contributed by atoms with E-state index >= 15 is 0 Å².